The second-order valence-corrected chi connectivity index (χ2v) is 4.50. The summed E-state index contributed by atoms with van der Waals surface area (Å²) in [5.41, 5.74) is 0. The lowest BCUT2D eigenvalue weighted by Gasteiger charge is -2.40. The van der Waals surface area contributed by atoms with Crippen molar-refractivity contribution in [2.75, 3.05) is 13.7 Å². The lowest BCUT2D eigenvalue weighted by Crippen LogP contribution is -2.64. The molecule has 2 amide bonds. The number of aliphatic hydroxyl groups is 4. The van der Waals surface area contributed by atoms with Crippen molar-refractivity contribution in [2.45, 2.75) is 43.5 Å². The van der Waals surface area contributed by atoms with E-state index in [2.05, 4.69) is 10.6 Å². The lowest BCUT2D eigenvalue weighted by atomic mass is 9.97. The van der Waals surface area contributed by atoms with Crippen LogP contribution in [-0.4, -0.2) is 76.5 Å². The molecule has 1 fully saturated rings. The van der Waals surface area contributed by atoms with Gasteiger partial charge in [-0.3, -0.25) is 9.59 Å². The Bertz CT molecular complexity index is 352. The zero-order chi connectivity index (χ0) is 15.3. The molecule has 20 heavy (non-hydrogen) atoms. The molecule has 9 nitrogen and oxygen atoms in total. The summed E-state index contributed by atoms with van der Waals surface area (Å²) in [6.07, 6.45) is -5.78. The van der Waals surface area contributed by atoms with Gasteiger partial charge in [0.1, 0.15) is 24.4 Å². The molecule has 5 atom stereocenters. The third-order valence-electron chi connectivity index (χ3n) is 3.09. The number of ether oxygens (including phenoxy) is 1. The van der Waals surface area contributed by atoms with Gasteiger partial charge in [-0.25, -0.2) is 0 Å². The largest absolute Gasteiger partial charge is 0.394 e. The van der Waals surface area contributed by atoms with Gasteiger partial charge in [0.05, 0.1) is 6.61 Å². The van der Waals surface area contributed by atoms with Gasteiger partial charge in [-0.05, 0) is 0 Å². The maximum atomic E-state index is 11.6. The Balaban J connectivity index is 2.53. The summed E-state index contributed by atoms with van der Waals surface area (Å²) in [5.74, 6) is -0.892. The van der Waals surface area contributed by atoms with Crippen LogP contribution in [0.2, 0.25) is 0 Å². The van der Waals surface area contributed by atoms with Crippen molar-refractivity contribution in [3.05, 3.63) is 0 Å². The second-order valence-electron chi connectivity index (χ2n) is 4.50. The van der Waals surface area contributed by atoms with E-state index in [9.17, 15) is 24.9 Å². The van der Waals surface area contributed by atoms with Gasteiger partial charge in [0.2, 0.25) is 11.8 Å². The first-order chi connectivity index (χ1) is 9.40. The smallest absolute Gasteiger partial charge is 0.220 e. The maximum absolute atomic E-state index is 11.6. The number of carbonyl (C=O) groups is 2. The Morgan fingerprint density at radius 1 is 1.10 bits per heavy atom. The molecular weight excluding hydrogens is 272 g/mol. The van der Waals surface area contributed by atoms with Gasteiger partial charge in [-0.15, -0.1) is 0 Å². The maximum Gasteiger partial charge on any atom is 0.220 e. The highest BCUT2D eigenvalue weighted by molar-refractivity contribution is 5.83. The van der Waals surface area contributed by atoms with Crippen molar-refractivity contribution in [1.82, 2.24) is 10.6 Å². The number of amides is 2. The number of hydrogen-bond donors (Lipinski definition) is 6. The first-order valence-electron chi connectivity index (χ1n) is 6.21. The van der Waals surface area contributed by atoms with Crippen LogP contribution in [-0.2, 0) is 14.3 Å². The number of aliphatic hydroxyl groups excluding tert-OH is 4. The zero-order valence-electron chi connectivity index (χ0n) is 11.0. The predicted molar refractivity (Wildman–Crippen MR) is 65.2 cm³/mol. The molecule has 0 radical (unpaired) electrons. The molecular formula is C11H20N2O7. The summed E-state index contributed by atoms with van der Waals surface area (Å²) in [4.78, 5) is 22.6. The summed E-state index contributed by atoms with van der Waals surface area (Å²) >= 11 is 0. The summed E-state index contributed by atoms with van der Waals surface area (Å²) in [6, 6.07) is -1.23. The van der Waals surface area contributed by atoms with Gasteiger partial charge in [0, 0.05) is 19.9 Å². The van der Waals surface area contributed by atoms with E-state index < -0.39 is 43.2 Å². The Morgan fingerprint density at radius 2 is 1.70 bits per heavy atom. The van der Waals surface area contributed by atoms with Gasteiger partial charge < -0.3 is 35.8 Å². The molecule has 6 N–H and O–H groups in total. The Morgan fingerprint density at radius 3 is 2.25 bits per heavy atom. The van der Waals surface area contributed by atoms with E-state index in [4.69, 9.17) is 9.84 Å². The molecule has 1 aliphatic rings. The molecule has 1 aliphatic heterocycles. The zero-order valence-corrected chi connectivity index (χ0v) is 11.0. The van der Waals surface area contributed by atoms with E-state index in [1.165, 1.54) is 7.05 Å². The number of carbonyl (C=O) groups excluding carboxylic acids is 2. The van der Waals surface area contributed by atoms with Gasteiger partial charge in [0.25, 0.3) is 0 Å². The van der Waals surface area contributed by atoms with Crippen LogP contribution in [0.5, 0.6) is 0 Å². The molecule has 0 aromatic rings. The second kappa shape index (κ2) is 7.50. The first-order valence-corrected chi connectivity index (χ1v) is 6.21. The molecule has 116 valence electrons. The quantitative estimate of drug-likeness (QED) is 0.307. The number of nitrogens with one attached hydrogen (secondary N) is 2. The van der Waals surface area contributed by atoms with E-state index in [-0.39, 0.29) is 18.7 Å². The number of rotatable bonds is 5. The molecule has 0 bridgehead atoms. The molecule has 1 rings (SSSR count). The van der Waals surface area contributed by atoms with Crippen molar-refractivity contribution in [3.8, 4) is 0 Å². The van der Waals surface area contributed by atoms with Gasteiger partial charge in [0.15, 0.2) is 6.29 Å². The molecule has 2 unspecified atom stereocenters. The van der Waals surface area contributed by atoms with Crippen LogP contribution in [0.4, 0.5) is 0 Å². The number of hydrogen-bond acceptors (Lipinski definition) is 7. The van der Waals surface area contributed by atoms with E-state index in [0.29, 0.717) is 0 Å². The van der Waals surface area contributed by atoms with Gasteiger partial charge in [-0.1, -0.05) is 0 Å². The molecule has 9 heteroatoms. The summed E-state index contributed by atoms with van der Waals surface area (Å²) in [5, 5.41) is 42.6. The molecule has 0 spiro atoms. The lowest BCUT2D eigenvalue weighted by molar-refractivity contribution is -0.253. The SMILES string of the molecule is CNC(=O)CCC(=O)NC1[C@H](O)OC(CO)[C@@H](O)[C@@H]1O. The minimum Gasteiger partial charge on any atom is -0.394 e. The van der Waals surface area contributed by atoms with Crippen LogP contribution >= 0.6 is 0 Å². The van der Waals surface area contributed by atoms with Crippen LogP contribution < -0.4 is 10.6 Å². The molecule has 0 aliphatic carbocycles. The normalized spacial score (nSPS) is 33.5. The van der Waals surface area contributed by atoms with E-state index in [1.54, 1.807) is 0 Å². The summed E-state index contributed by atoms with van der Waals surface area (Å²) < 4.78 is 4.88. The molecule has 0 saturated carbocycles. The van der Waals surface area contributed by atoms with E-state index >= 15 is 0 Å². The van der Waals surface area contributed by atoms with Crippen molar-refractivity contribution >= 4 is 11.8 Å². The standard InChI is InChI=1S/C11H20N2O7/c1-12-6(15)2-3-7(16)13-8-10(18)9(17)5(4-14)20-11(8)19/h5,8-11,14,17-19H,2-4H2,1H3,(H,12,15)(H,13,16)/t5?,8?,9-,10-,11-/m1/s1. The Hall–Kier alpha value is -1.26. The molecule has 1 heterocycles. The molecule has 0 aromatic carbocycles. The average molecular weight is 292 g/mol. The Kier molecular flexibility index (Phi) is 6.30. The van der Waals surface area contributed by atoms with Crippen molar-refractivity contribution in [3.63, 3.8) is 0 Å². The van der Waals surface area contributed by atoms with Crippen LogP contribution in [0.25, 0.3) is 0 Å². The Labute approximate surface area is 115 Å². The fraction of sp³-hybridized carbons (Fsp3) is 0.818. The third kappa shape index (κ3) is 4.12. The van der Waals surface area contributed by atoms with Crippen molar-refractivity contribution in [1.29, 1.82) is 0 Å². The van der Waals surface area contributed by atoms with Crippen molar-refractivity contribution < 1.29 is 34.8 Å². The highest BCUT2D eigenvalue weighted by atomic mass is 16.6. The molecule has 0 aromatic heterocycles. The minimum atomic E-state index is -1.56. The van der Waals surface area contributed by atoms with Gasteiger partial charge in [-0.2, -0.15) is 0 Å². The minimum absolute atomic E-state index is 0.0378. The van der Waals surface area contributed by atoms with Crippen molar-refractivity contribution in [2.24, 2.45) is 0 Å². The van der Waals surface area contributed by atoms with E-state index in [0.717, 1.165) is 0 Å². The highest BCUT2D eigenvalue weighted by Crippen LogP contribution is 2.19. The topological polar surface area (TPSA) is 148 Å². The monoisotopic (exact) mass is 292 g/mol. The fourth-order valence-electron chi connectivity index (χ4n) is 1.86. The average Bonchev–Trinajstić information content (AvgIpc) is 2.44. The van der Waals surface area contributed by atoms with E-state index in [1.807, 2.05) is 0 Å². The predicted octanol–water partition coefficient (Wildman–Crippen LogP) is -3.57. The van der Waals surface area contributed by atoms with Crippen LogP contribution in [0.15, 0.2) is 0 Å². The fourth-order valence-corrected chi connectivity index (χ4v) is 1.86. The van der Waals surface area contributed by atoms with Crippen LogP contribution in [0.1, 0.15) is 12.8 Å². The van der Waals surface area contributed by atoms with Crippen LogP contribution in [0.3, 0.4) is 0 Å². The van der Waals surface area contributed by atoms with Gasteiger partial charge >= 0.3 is 0 Å². The van der Waals surface area contributed by atoms with Crippen LogP contribution in [0, 0.1) is 0 Å². The summed E-state index contributed by atoms with van der Waals surface area (Å²) in [6.45, 7) is -0.577. The third-order valence-corrected chi connectivity index (χ3v) is 3.09. The molecule has 1 saturated heterocycles. The summed E-state index contributed by atoms with van der Waals surface area (Å²) in [7, 11) is 1.44. The first kappa shape index (κ1) is 16.8. The highest BCUT2D eigenvalue weighted by Gasteiger charge is 2.44.